The summed E-state index contributed by atoms with van der Waals surface area (Å²) in [5.74, 6) is -1.07. The van der Waals surface area contributed by atoms with Gasteiger partial charge < -0.3 is 10.4 Å². The molecule has 2 N–H and O–H groups in total. The summed E-state index contributed by atoms with van der Waals surface area (Å²) in [4.78, 5) is 27.7. The first-order chi connectivity index (χ1) is 11.9. The molecule has 2 rings (SSSR count). The van der Waals surface area contributed by atoms with Gasteiger partial charge in [-0.2, -0.15) is 0 Å². The van der Waals surface area contributed by atoms with Crippen LogP contribution in [0, 0.1) is 0 Å². The minimum atomic E-state index is -1.04. The second-order valence-electron chi connectivity index (χ2n) is 5.73. The maximum absolute atomic E-state index is 12.9. The summed E-state index contributed by atoms with van der Waals surface area (Å²) in [5, 5.41) is 14.7. The first-order valence-electron chi connectivity index (χ1n) is 8.15. The van der Waals surface area contributed by atoms with Gasteiger partial charge in [0.2, 0.25) is 5.91 Å². The Bertz CT molecular complexity index is 739. The molecule has 1 aromatic carbocycles. The minimum Gasteiger partial charge on any atom is -0.476 e. The van der Waals surface area contributed by atoms with E-state index in [0.717, 1.165) is 5.56 Å². The number of aromatic nitrogens is 1. The number of nitrogens with one attached hydrogen (secondary N) is 1. The molecule has 25 heavy (non-hydrogen) atoms. The largest absolute Gasteiger partial charge is 0.476 e. The van der Waals surface area contributed by atoms with E-state index in [0.29, 0.717) is 35.8 Å². The van der Waals surface area contributed by atoms with Gasteiger partial charge >= 0.3 is 5.97 Å². The van der Waals surface area contributed by atoms with Gasteiger partial charge in [0.25, 0.3) is 0 Å². The van der Waals surface area contributed by atoms with E-state index in [4.69, 9.17) is 16.7 Å². The molecule has 1 amide bonds. The van der Waals surface area contributed by atoms with E-state index in [1.165, 1.54) is 16.7 Å². The normalized spacial score (nSPS) is 11.3. The van der Waals surface area contributed by atoms with E-state index in [9.17, 15) is 9.59 Å². The number of carboxylic acid groups (broad SMARTS) is 1. The van der Waals surface area contributed by atoms with Crippen LogP contribution in [0.3, 0.4) is 0 Å². The van der Waals surface area contributed by atoms with Gasteiger partial charge in [-0.05, 0) is 30.5 Å². The summed E-state index contributed by atoms with van der Waals surface area (Å²) < 4.78 is 0. The van der Waals surface area contributed by atoms with Crippen LogP contribution in [-0.4, -0.2) is 28.5 Å². The lowest BCUT2D eigenvalue weighted by atomic mass is 9.75. The highest BCUT2D eigenvalue weighted by Crippen LogP contribution is 2.32. The Morgan fingerprint density at radius 3 is 2.40 bits per heavy atom. The Balaban J connectivity index is 2.04. The summed E-state index contributed by atoms with van der Waals surface area (Å²) in [6, 6.07) is 7.39. The number of benzene rings is 1. The maximum atomic E-state index is 12.9. The Morgan fingerprint density at radius 1 is 1.24 bits per heavy atom. The summed E-state index contributed by atoms with van der Waals surface area (Å²) >= 11 is 7.24. The lowest BCUT2D eigenvalue weighted by Crippen LogP contribution is -2.44. The third-order valence-electron chi connectivity index (χ3n) is 4.43. The van der Waals surface area contributed by atoms with Gasteiger partial charge in [-0.25, -0.2) is 9.78 Å². The van der Waals surface area contributed by atoms with Crippen molar-refractivity contribution in [3.8, 4) is 0 Å². The number of thiazole rings is 1. The number of carbonyl (C=O) groups is 2. The van der Waals surface area contributed by atoms with Crippen molar-refractivity contribution >= 4 is 34.8 Å². The fourth-order valence-corrected chi connectivity index (χ4v) is 3.75. The van der Waals surface area contributed by atoms with Crippen LogP contribution in [0.2, 0.25) is 5.02 Å². The van der Waals surface area contributed by atoms with Crippen molar-refractivity contribution in [2.45, 2.75) is 38.5 Å². The standard InChI is InChI=1S/C18H21ClN2O3S/c1-3-18(4-2,12-5-7-13(19)8-6-12)17(24)20-10-9-15-21-14(11-25-15)16(22)23/h5-8,11H,3-4,9-10H2,1-2H3,(H,20,24)(H,22,23). The highest BCUT2D eigenvalue weighted by molar-refractivity contribution is 7.09. The number of halogens is 1. The number of rotatable bonds is 8. The topological polar surface area (TPSA) is 79.3 Å². The van der Waals surface area contributed by atoms with Gasteiger partial charge in [-0.1, -0.05) is 37.6 Å². The van der Waals surface area contributed by atoms with Crippen LogP contribution in [0.1, 0.15) is 47.7 Å². The smallest absolute Gasteiger partial charge is 0.355 e. The molecule has 0 unspecified atom stereocenters. The summed E-state index contributed by atoms with van der Waals surface area (Å²) in [7, 11) is 0. The summed E-state index contributed by atoms with van der Waals surface area (Å²) in [5.41, 5.74) is 0.394. The molecule has 0 bridgehead atoms. The molecule has 1 heterocycles. The lowest BCUT2D eigenvalue weighted by molar-refractivity contribution is -0.127. The van der Waals surface area contributed by atoms with Crippen molar-refractivity contribution in [3.63, 3.8) is 0 Å². The van der Waals surface area contributed by atoms with Gasteiger partial charge in [-0.15, -0.1) is 11.3 Å². The van der Waals surface area contributed by atoms with Crippen LogP contribution in [0.15, 0.2) is 29.6 Å². The first-order valence-corrected chi connectivity index (χ1v) is 9.40. The number of aromatic carboxylic acids is 1. The number of hydrogen-bond acceptors (Lipinski definition) is 4. The van der Waals surface area contributed by atoms with E-state index in [2.05, 4.69) is 10.3 Å². The molecule has 0 aliphatic rings. The third-order valence-corrected chi connectivity index (χ3v) is 5.59. The second-order valence-corrected chi connectivity index (χ2v) is 7.11. The van der Waals surface area contributed by atoms with Crippen LogP contribution in [0.25, 0.3) is 0 Å². The first kappa shape index (κ1) is 19.4. The monoisotopic (exact) mass is 380 g/mol. The molecule has 0 aliphatic heterocycles. The second kappa shape index (κ2) is 8.45. The third kappa shape index (κ3) is 4.38. The molecule has 0 fully saturated rings. The zero-order valence-corrected chi connectivity index (χ0v) is 15.8. The molecule has 0 atom stereocenters. The predicted molar refractivity (Wildman–Crippen MR) is 99.5 cm³/mol. The highest BCUT2D eigenvalue weighted by atomic mass is 35.5. The van der Waals surface area contributed by atoms with Gasteiger partial charge in [0.15, 0.2) is 5.69 Å². The van der Waals surface area contributed by atoms with Crippen molar-refractivity contribution in [3.05, 3.63) is 50.9 Å². The van der Waals surface area contributed by atoms with Crippen molar-refractivity contribution in [2.24, 2.45) is 0 Å². The van der Waals surface area contributed by atoms with E-state index in [1.807, 2.05) is 26.0 Å². The Morgan fingerprint density at radius 2 is 1.88 bits per heavy atom. The Labute approximate surface area is 156 Å². The molecule has 0 spiro atoms. The minimum absolute atomic E-state index is 0.0326. The van der Waals surface area contributed by atoms with E-state index in [1.54, 1.807) is 12.1 Å². The fourth-order valence-electron chi connectivity index (χ4n) is 2.86. The van der Waals surface area contributed by atoms with Gasteiger partial charge in [0, 0.05) is 23.4 Å². The molecule has 7 heteroatoms. The highest BCUT2D eigenvalue weighted by Gasteiger charge is 2.36. The molecular formula is C18H21ClN2O3S. The van der Waals surface area contributed by atoms with Crippen molar-refractivity contribution < 1.29 is 14.7 Å². The Kier molecular flexibility index (Phi) is 6.56. The van der Waals surface area contributed by atoms with Crippen LogP contribution in [-0.2, 0) is 16.6 Å². The molecule has 134 valence electrons. The summed E-state index contributed by atoms with van der Waals surface area (Å²) in [6.07, 6.45) is 1.86. The fraction of sp³-hybridized carbons (Fsp3) is 0.389. The maximum Gasteiger partial charge on any atom is 0.355 e. The SMILES string of the molecule is CCC(CC)(C(=O)NCCc1nc(C(=O)O)cs1)c1ccc(Cl)cc1. The molecule has 2 aromatic rings. The molecule has 5 nitrogen and oxygen atoms in total. The van der Waals surface area contributed by atoms with Crippen molar-refractivity contribution in [1.29, 1.82) is 0 Å². The summed E-state index contributed by atoms with van der Waals surface area (Å²) in [6.45, 7) is 4.41. The van der Waals surface area contributed by atoms with Crippen molar-refractivity contribution in [1.82, 2.24) is 10.3 Å². The number of nitrogens with zero attached hydrogens (tertiary/aromatic N) is 1. The zero-order chi connectivity index (χ0) is 18.4. The zero-order valence-electron chi connectivity index (χ0n) is 14.2. The predicted octanol–water partition coefficient (Wildman–Crippen LogP) is 3.91. The van der Waals surface area contributed by atoms with E-state index >= 15 is 0 Å². The number of hydrogen-bond donors (Lipinski definition) is 2. The Hall–Kier alpha value is -1.92. The number of amides is 1. The van der Waals surface area contributed by atoms with Gasteiger partial charge in [0.1, 0.15) is 0 Å². The van der Waals surface area contributed by atoms with E-state index < -0.39 is 11.4 Å². The van der Waals surface area contributed by atoms with Gasteiger partial charge in [0.05, 0.1) is 10.4 Å². The molecule has 0 saturated carbocycles. The average Bonchev–Trinajstić information content (AvgIpc) is 3.07. The lowest BCUT2D eigenvalue weighted by Gasteiger charge is -2.31. The van der Waals surface area contributed by atoms with Crippen molar-refractivity contribution in [2.75, 3.05) is 6.54 Å². The van der Waals surface area contributed by atoms with Gasteiger partial charge in [-0.3, -0.25) is 4.79 Å². The average molecular weight is 381 g/mol. The van der Waals surface area contributed by atoms with Crippen LogP contribution in [0.5, 0.6) is 0 Å². The molecule has 1 aromatic heterocycles. The van der Waals surface area contributed by atoms with Crippen LogP contribution >= 0.6 is 22.9 Å². The quantitative estimate of drug-likeness (QED) is 0.727. The van der Waals surface area contributed by atoms with E-state index in [-0.39, 0.29) is 11.6 Å². The molecule has 0 radical (unpaired) electrons. The molecule has 0 saturated heterocycles. The van der Waals surface area contributed by atoms with Crippen LogP contribution < -0.4 is 5.32 Å². The molecular weight excluding hydrogens is 360 g/mol. The molecule has 0 aliphatic carbocycles. The number of carbonyl (C=O) groups excluding carboxylic acids is 1. The van der Waals surface area contributed by atoms with Crippen LogP contribution in [0.4, 0.5) is 0 Å². The number of carboxylic acids is 1.